The van der Waals surface area contributed by atoms with Crippen molar-refractivity contribution in [1.82, 2.24) is 0 Å². The number of amides is 2. The van der Waals surface area contributed by atoms with E-state index in [0.29, 0.717) is 37.0 Å². The third kappa shape index (κ3) is 4.30. The van der Waals surface area contributed by atoms with Gasteiger partial charge in [0.05, 0.1) is 22.7 Å². The molecule has 1 fully saturated rings. The molecule has 0 spiro atoms. The third-order valence-electron chi connectivity index (χ3n) is 3.76. The minimum absolute atomic E-state index is 0.254. The number of thioether (sulfide) groups is 1. The maximum Gasteiger partial charge on any atom is 0.270 e. The van der Waals surface area contributed by atoms with E-state index >= 15 is 0 Å². The first kappa shape index (κ1) is 20.2. The number of carbonyl (C=O) groups excluding carboxylic acids is 2. The van der Waals surface area contributed by atoms with Gasteiger partial charge in [-0.05, 0) is 30.3 Å². The van der Waals surface area contributed by atoms with Crippen LogP contribution >= 0.6 is 35.6 Å². The summed E-state index contributed by atoms with van der Waals surface area (Å²) < 4.78 is 10.9. The Hall–Kier alpha value is -2.55. The van der Waals surface area contributed by atoms with E-state index in [4.69, 9.17) is 39.0 Å². The van der Waals surface area contributed by atoms with Gasteiger partial charge in [0.15, 0.2) is 10.9 Å². The van der Waals surface area contributed by atoms with Crippen molar-refractivity contribution < 1.29 is 19.1 Å². The highest BCUT2D eigenvalue weighted by atomic mass is 35.5. The fraction of sp³-hybridized carbons (Fsp3) is 0.105. The van der Waals surface area contributed by atoms with E-state index in [1.54, 1.807) is 48.5 Å². The van der Waals surface area contributed by atoms with Crippen LogP contribution < -0.4 is 20.1 Å². The zero-order valence-electron chi connectivity index (χ0n) is 14.7. The van der Waals surface area contributed by atoms with Crippen LogP contribution in [0.3, 0.4) is 0 Å². The van der Waals surface area contributed by atoms with Crippen molar-refractivity contribution in [1.29, 1.82) is 0 Å². The predicted octanol–water partition coefficient (Wildman–Crippen LogP) is 3.62. The van der Waals surface area contributed by atoms with Crippen LogP contribution in [0.5, 0.6) is 11.5 Å². The summed E-state index contributed by atoms with van der Waals surface area (Å²) in [6.07, 6.45) is 1.67. The Bertz CT molecular complexity index is 994. The van der Waals surface area contributed by atoms with Crippen LogP contribution in [0.4, 0.5) is 5.69 Å². The lowest BCUT2D eigenvalue weighted by Gasteiger charge is -2.15. The number of halogens is 1. The first-order valence-electron chi connectivity index (χ1n) is 8.02. The zero-order valence-corrected chi connectivity index (χ0v) is 17.1. The van der Waals surface area contributed by atoms with Crippen molar-refractivity contribution in [2.45, 2.75) is 0 Å². The maximum absolute atomic E-state index is 12.9. The number of rotatable bonds is 6. The summed E-state index contributed by atoms with van der Waals surface area (Å²) >= 11 is 12.7. The molecule has 0 saturated carbocycles. The second-order valence-corrected chi connectivity index (χ2v) is 7.71. The quantitative estimate of drug-likeness (QED) is 0.552. The smallest absolute Gasteiger partial charge is 0.270 e. The molecule has 3 rings (SSSR count). The zero-order chi connectivity index (χ0) is 20.3. The molecule has 2 aromatic carbocycles. The first-order valence-corrected chi connectivity index (χ1v) is 9.62. The monoisotopic (exact) mass is 434 g/mol. The normalized spacial score (nSPS) is 15.2. The van der Waals surface area contributed by atoms with Gasteiger partial charge in [-0.1, -0.05) is 53.8 Å². The lowest BCUT2D eigenvalue weighted by Crippen LogP contribution is -2.27. The number of hydrogen-bond donors (Lipinski definition) is 1. The molecule has 28 heavy (non-hydrogen) atoms. The number of benzene rings is 2. The Morgan fingerprint density at radius 2 is 2.04 bits per heavy atom. The van der Waals surface area contributed by atoms with E-state index in [1.165, 1.54) is 23.8 Å². The van der Waals surface area contributed by atoms with Crippen molar-refractivity contribution in [2.24, 2.45) is 5.73 Å². The number of methoxy groups -OCH3 is 1. The second kappa shape index (κ2) is 8.64. The Balaban J connectivity index is 1.90. The summed E-state index contributed by atoms with van der Waals surface area (Å²) in [7, 11) is 1.51. The molecule has 9 heteroatoms. The molecule has 1 saturated heterocycles. The van der Waals surface area contributed by atoms with Gasteiger partial charge in [0.1, 0.15) is 11.5 Å². The first-order chi connectivity index (χ1) is 13.4. The van der Waals surface area contributed by atoms with Gasteiger partial charge in [0, 0.05) is 5.56 Å². The molecule has 0 aromatic heterocycles. The Labute approximate surface area is 176 Å². The van der Waals surface area contributed by atoms with Gasteiger partial charge >= 0.3 is 0 Å². The number of nitrogens with two attached hydrogens (primary N) is 1. The number of para-hydroxylation sites is 1. The Kier molecular flexibility index (Phi) is 6.23. The molecule has 0 bridgehead atoms. The number of primary amides is 1. The molecule has 0 aliphatic carbocycles. The Morgan fingerprint density at radius 1 is 1.29 bits per heavy atom. The minimum atomic E-state index is -0.586. The third-order valence-corrected chi connectivity index (χ3v) is 5.36. The van der Waals surface area contributed by atoms with Crippen LogP contribution in [0.2, 0.25) is 5.02 Å². The molecule has 0 radical (unpaired) electrons. The average molecular weight is 435 g/mol. The summed E-state index contributed by atoms with van der Waals surface area (Å²) in [5, 5.41) is 0.378. The van der Waals surface area contributed by atoms with E-state index in [-0.39, 0.29) is 12.5 Å². The fourth-order valence-electron chi connectivity index (χ4n) is 2.51. The highest BCUT2D eigenvalue weighted by Gasteiger charge is 2.33. The second-order valence-electron chi connectivity index (χ2n) is 5.63. The van der Waals surface area contributed by atoms with Crippen LogP contribution in [0.1, 0.15) is 5.56 Å². The largest absolute Gasteiger partial charge is 0.495 e. The maximum atomic E-state index is 12.9. The summed E-state index contributed by atoms with van der Waals surface area (Å²) in [5.41, 5.74) is 6.32. The molecule has 0 atom stereocenters. The number of anilines is 1. The van der Waals surface area contributed by atoms with E-state index in [2.05, 4.69) is 0 Å². The summed E-state index contributed by atoms with van der Waals surface area (Å²) in [5.74, 6) is 0.0874. The van der Waals surface area contributed by atoms with Crippen molar-refractivity contribution in [2.75, 3.05) is 18.6 Å². The lowest BCUT2D eigenvalue weighted by molar-refractivity contribution is -0.120. The molecule has 144 valence electrons. The standard InChI is InChI=1S/C19H15ClN2O4S2/c1-25-15-7-6-12(9-13(15)20)22-18(24)16(28-19(22)27)8-11-4-2-3-5-14(11)26-10-17(21)23/h2-9H,10H2,1H3,(H2,21,23)/b16-8+. The number of thiocarbonyl (C=S) groups is 1. The highest BCUT2D eigenvalue weighted by Crippen LogP contribution is 2.39. The van der Waals surface area contributed by atoms with Crippen LogP contribution in [-0.2, 0) is 9.59 Å². The van der Waals surface area contributed by atoms with E-state index < -0.39 is 5.91 Å². The number of carbonyl (C=O) groups is 2. The Morgan fingerprint density at radius 3 is 2.71 bits per heavy atom. The molecule has 2 amide bonds. The average Bonchev–Trinajstić information content (AvgIpc) is 2.94. The topological polar surface area (TPSA) is 81.9 Å². The van der Waals surface area contributed by atoms with Crippen LogP contribution in [0, 0.1) is 0 Å². The van der Waals surface area contributed by atoms with E-state index in [0.717, 1.165) is 0 Å². The van der Waals surface area contributed by atoms with Crippen molar-refractivity contribution in [3.8, 4) is 11.5 Å². The minimum Gasteiger partial charge on any atom is -0.495 e. The summed E-state index contributed by atoms with van der Waals surface area (Å²) in [6, 6.07) is 12.0. The summed E-state index contributed by atoms with van der Waals surface area (Å²) in [6.45, 7) is -0.254. The number of nitrogens with zero attached hydrogens (tertiary/aromatic N) is 1. The van der Waals surface area contributed by atoms with Crippen molar-refractivity contribution >= 4 is 63.5 Å². The lowest BCUT2D eigenvalue weighted by atomic mass is 10.2. The number of ether oxygens (including phenoxy) is 2. The highest BCUT2D eigenvalue weighted by molar-refractivity contribution is 8.27. The molecular weight excluding hydrogens is 420 g/mol. The van der Waals surface area contributed by atoms with Gasteiger partial charge in [-0.2, -0.15) is 0 Å². The van der Waals surface area contributed by atoms with E-state index in [1.807, 2.05) is 0 Å². The number of hydrogen-bond acceptors (Lipinski definition) is 6. The molecule has 1 aliphatic rings. The molecule has 2 aromatic rings. The molecule has 2 N–H and O–H groups in total. The van der Waals surface area contributed by atoms with E-state index in [9.17, 15) is 9.59 Å². The summed E-state index contributed by atoms with van der Waals surface area (Å²) in [4.78, 5) is 25.7. The molecule has 1 aliphatic heterocycles. The fourth-order valence-corrected chi connectivity index (χ4v) is 4.05. The van der Waals surface area contributed by atoms with Crippen molar-refractivity contribution in [3.63, 3.8) is 0 Å². The molecule has 0 unspecified atom stereocenters. The SMILES string of the molecule is COc1ccc(N2C(=O)/C(=C\c3ccccc3OCC(N)=O)SC2=S)cc1Cl. The molecule has 1 heterocycles. The van der Waals surface area contributed by atoms with Gasteiger partial charge in [-0.25, -0.2) is 0 Å². The predicted molar refractivity (Wildman–Crippen MR) is 115 cm³/mol. The molecule has 6 nitrogen and oxygen atoms in total. The van der Waals surface area contributed by atoms with Crippen molar-refractivity contribution in [3.05, 3.63) is 58.0 Å². The van der Waals surface area contributed by atoms with Crippen LogP contribution in [0.15, 0.2) is 47.4 Å². The van der Waals surface area contributed by atoms with Gasteiger partial charge in [-0.15, -0.1) is 0 Å². The van der Waals surface area contributed by atoms with Gasteiger partial charge in [0.2, 0.25) is 0 Å². The molecular formula is C19H15ClN2O4S2. The van der Waals surface area contributed by atoms with Gasteiger partial charge < -0.3 is 15.2 Å². The van der Waals surface area contributed by atoms with Gasteiger partial charge in [0.25, 0.3) is 11.8 Å². The van der Waals surface area contributed by atoms with Gasteiger partial charge in [-0.3, -0.25) is 14.5 Å². The van der Waals surface area contributed by atoms with Crippen LogP contribution in [-0.4, -0.2) is 29.9 Å². The van der Waals surface area contributed by atoms with Crippen LogP contribution in [0.25, 0.3) is 6.08 Å².